The molecule has 0 saturated heterocycles. The second-order valence-corrected chi connectivity index (χ2v) is 7.45. The maximum Gasteiger partial charge on any atom is 0.314 e. The highest BCUT2D eigenvalue weighted by Crippen LogP contribution is 2.53. The Kier molecular flexibility index (Phi) is 4.02. The number of fused-ring (bicyclic) bond motifs is 3. The van der Waals surface area contributed by atoms with Crippen molar-refractivity contribution in [3.8, 4) is 0 Å². The third kappa shape index (κ3) is 2.20. The highest BCUT2D eigenvalue weighted by Gasteiger charge is 2.53. The van der Waals surface area contributed by atoms with Gasteiger partial charge in [-0.2, -0.15) is 0 Å². The number of benzene rings is 1. The molecule has 0 amide bonds. The molecule has 4 rings (SSSR count). The minimum atomic E-state index is -0.470. The molecule has 0 radical (unpaired) electrons. The molecular weight excluding hydrogens is 347 g/mol. The third-order valence-electron chi connectivity index (χ3n) is 5.48. The fraction of sp³-hybridized carbons (Fsp3) is 0.500. The number of rotatable bonds is 3. The van der Waals surface area contributed by atoms with Crippen molar-refractivity contribution >= 4 is 40.1 Å². The van der Waals surface area contributed by atoms with Crippen molar-refractivity contribution in [1.29, 1.82) is 0 Å². The summed E-state index contributed by atoms with van der Waals surface area (Å²) in [6.45, 7) is 3.08. The molecule has 1 aliphatic heterocycles. The van der Waals surface area contributed by atoms with Gasteiger partial charge < -0.3 is 15.0 Å². The summed E-state index contributed by atoms with van der Waals surface area (Å²) in [5.74, 6) is -0.0932. The number of esters is 1. The van der Waals surface area contributed by atoms with E-state index in [1.54, 1.807) is 6.07 Å². The van der Waals surface area contributed by atoms with Crippen LogP contribution in [0.25, 0.3) is 10.9 Å². The van der Waals surface area contributed by atoms with Crippen LogP contribution in [0.2, 0.25) is 10.0 Å². The first-order valence-electron chi connectivity index (χ1n) is 8.47. The lowest BCUT2D eigenvalue weighted by molar-refractivity contribution is -0.164. The molecule has 4 nitrogen and oxygen atoms in total. The summed E-state index contributed by atoms with van der Waals surface area (Å²) >= 11 is 12.7. The van der Waals surface area contributed by atoms with E-state index in [4.69, 9.17) is 27.9 Å². The molecular formula is C18H20Cl2N2O2. The van der Waals surface area contributed by atoms with Gasteiger partial charge in [0.2, 0.25) is 0 Å². The van der Waals surface area contributed by atoms with Gasteiger partial charge in [0.05, 0.1) is 28.1 Å². The lowest BCUT2D eigenvalue weighted by Gasteiger charge is -2.46. The van der Waals surface area contributed by atoms with Gasteiger partial charge >= 0.3 is 5.97 Å². The van der Waals surface area contributed by atoms with Crippen LogP contribution in [0.1, 0.15) is 43.5 Å². The van der Waals surface area contributed by atoms with Crippen molar-refractivity contribution < 1.29 is 9.53 Å². The molecule has 0 spiro atoms. The fourth-order valence-electron chi connectivity index (χ4n) is 4.17. The first-order chi connectivity index (χ1) is 11.6. The normalized spacial score (nSPS) is 22.0. The van der Waals surface area contributed by atoms with Crippen molar-refractivity contribution in [2.75, 3.05) is 13.2 Å². The summed E-state index contributed by atoms with van der Waals surface area (Å²) in [4.78, 5) is 16.2. The number of halogens is 2. The van der Waals surface area contributed by atoms with Gasteiger partial charge in [0.1, 0.15) is 0 Å². The van der Waals surface area contributed by atoms with Crippen molar-refractivity contribution in [3.05, 3.63) is 33.4 Å². The summed E-state index contributed by atoms with van der Waals surface area (Å²) in [7, 11) is 0. The van der Waals surface area contributed by atoms with Gasteiger partial charge in [0, 0.05) is 16.6 Å². The van der Waals surface area contributed by atoms with E-state index < -0.39 is 5.41 Å². The highest BCUT2D eigenvalue weighted by atomic mass is 35.5. The SMILES string of the molecule is CCOC(=O)C1(C2NCCc3c2[nH]c2ccc(Cl)c(Cl)c32)CCC1. The van der Waals surface area contributed by atoms with Crippen molar-refractivity contribution in [2.45, 2.75) is 38.6 Å². The van der Waals surface area contributed by atoms with Gasteiger partial charge in [-0.15, -0.1) is 0 Å². The quantitative estimate of drug-likeness (QED) is 0.791. The van der Waals surface area contributed by atoms with E-state index in [1.807, 2.05) is 13.0 Å². The Balaban J connectivity index is 1.85. The van der Waals surface area contributed by atoms with E-state index in [2.05, 4.69) is 10.3 Å². The Morgan fingerprint density at radius 2 is 2.17 bits per heavy atom. The molecule has 1 aromatic heterocycles. The smallest absolute Gasteiger partial charge is 0.314 e. The van der Waals surface area contributed by atoms with E-state index in [0.717, 1.165) is 48.8 Å². The van der Waals surface area contributed by atoms with Gasteiger partial charge in [0.15, 0.2) is 0 Å². The summed E-state index contributed by atoms with van der Waals surface area (Å²) < 4.78 is 5.39. The lowest BCUT2D eigenvalue weighted by atomic mass is 9.62. The molecule has 2 aliphatic rings. The van der Waals surface area contributed by atoms with Crippen LogP contribution in [0.3, 0.4) is 0 Å². The monoisotopic (exact) mass is 366 g/mol. The van der Waals surface area contributed by atoms with Crippen LogP contribution in [-0.2, 0) is 16.0 Å². The molecule has 2 N–H and O–H groups in total. The summed E-state index contributed by atoms with van der Waals surface area (Å²) in [6.07, 6.45) is 3.63. The molecule has 6 heteroatoms. The van der Waals surface area contributed by atoms with Crippen molar-refractivity contribution in [2.24, 2.45) is 5.41 Å². The van der Waals surface area contributed by atoms with Crippen molar-refractivity contribution in [3.63, 3.8) is 0 Å². The molecule has 1 fully saturated rings. The van der Waals surface area contributed by atoms with Crippen molar-refractivity contribution in [1.82, 2.24) is 10.3 Å². The van der Waals surface area contributed by atoms with E-state index in [1.165, 1.54) is 5.56 Å². The van der Waals surface area contributed by atoms with E-state index in [-0.39, 0.29) is 12.0 Å². The predicted octanol–water partition coefficient (Wildman–Crippen LogP) is 4.39. The van der Waals surface area contributed by atoms with Gasteiger partial charge in [-0.3, -0.25) is 4.79 Å². The average Bonchev–Trinajstić information content (AvgIpc) is 2.90. The Morgan fingerprint density at radius 3 is 2.83 bits per heavy atom. The molecule has 1 unspecified atom stereocenters. The zero-order valence-corrected chi connectivity index (χ0v) is 15.1. The maximum atomic E-state index is 12.7. The predicted molar refractivity (Wildman–Crippen MR) is 95.7 cm³/mol. The second-order valence-electron chi connectivity index (χ2n) is 6.67. The van der Waals surface area contributed by atoms with Gasteiger partial charge in [-0.05, 0) is 50.4 Å². The topological polar surface area (TPSA) is 54.1 Å². The molecule has 1 saturated carbocycles. The Labute approximate surface area is 150 Å². The van der Waals surface area contributed by atoms with Gasteiger partial charge in [0.25, 0.3) is 0 Å². The maximum absolute atomic E-state index is 12.7. The molecule has 2 heterocycles. The average molecular weight is 367 g/mol. The minimum Gasteiger partial charge on any atom is -0.466 e. The lowest BCUT2D eigenvalue weighted by Crippen LogP contribution is -2.51. The number of H-pyrrole nitrogens is 1. The largest absolute Gasteiger partial charge is 0.466 e. The fourth-order valence-corrected chi connectivity index (χ4v) is 4.61. The number of aromatic nitrogens is 1. The third-order valence-corrected chi connectivity index (χ3v) is 6.29. The highest BCUT2D eigenvalue weighted by molar-refractivity contribution is 6.45. The standard InChI is InChI=1S/C18H20Cl2N2O2/c1-2-24-17(23)18(7-3-8-18)16-15-10(6-9-21-16)13-12(22-15)5-4-11(19)14(13)20/h4-5,16,21-22H,2-3,6-9H2,1H3. The van der Waals surface area contributed by atoms with Gasteiger partial charge in [-0.25, -0.2) is 0 Å². The Bertz CT molecular complexity index is 811. The molecule has 128 valence electrons. The number of hydrogen-bond acceptors (Lipinski definition) is 3. The van der Waals surface area contributed by atoms with E-state index in [9.17, 15) is 4.79 Å². The first kappa shape index (κ1) is 16.2. The summed E-state index contributed by atoms with van der Waals surface area (Å²) in [5, 5.41) is 5.68. The van der Waals surface area contributed by atoms with Crippen LogP contribution >= 0.6 is 23.2 Å². The molecule has 1 atom stereocenters. The summed E-state index contributed by atoms with van der Waals surface area (Å²) in [5.41, 5.74) is 2.74. The van der Waals surface area contributed by atoms with Crippen LogP contribution in [-0.4, -0.2) is 24.1 Å². The molecule has 0 bridgehead atoms. The number of hydrogen-bond donors (Lipinski definition) is 2. The number of nitrogens with one attached hydrogen (secondary N) is 2. The van der Waals surface area contributed by atoms with E-state index in [0.29, 0.717) is 16.7 Å². The first-order valence-corrected chi connectivity index (χ1v) is 9.23. The number of aromatic amines is 1. The van der Waals surface area contributed by atoms with Crippen LogP contribution in [0.4, 0.5) is 0 Å². The molecule has 2 aromatic rings. The second kappa shape index (κ2) is 5.94. The zero-order valence-electron chi connectivity index (χ0n) is 13.5. The van der Waals surface area contributed by atoms with Crippen LogP contribution in [0, 0.1) is 5.41 Å². The number of ether oxygens (including phenoxy) is 1. The van der Waals surface area contributed by atoms with E-state index >= 15 is 0 Å². The summed E-state index contributed by atoms with van der Waals surface area (Å²) in [6, 6.07) is 3.70. The molecule has 1 aliphatic carbocycles. The minimum absolute atomic E-state index is 0.0590. The van der Waals surface area contributed by atoms with Crippen LogP contribution < -0.4 is 5.32 Å². The van der Waals surface area contributed by atoms with Crippen LogP contribution in [0.5, 0.6) is 0 Å². The number of carbonyl (C=O) groups excluding carboxylic acids is 1. The number of carbonyl (C=O) groups is 1. The van der Waals surface area contributed by atoms with Crippen LogP contribution in [0.15, 0.2) is 12.1 Å². The molecule has 24 heavy (non-hydrogen) atoms. The zero-order chi connectivity index (χ0) is 16.9. The molecule has 1 aromatic carbocycles. The Hall–Kier alpha value is -1.23. The van der Waals surface area contributed by atoms with Gasteiger partial charge in [-0.1, -0.05) is 29.6 Å². The Morgan fingerprint density at radius 1 is 1.38 bits per heavy atom.